The molecule has 1 saturated heterocycles. The van der Waals surface area contributed by atoms with Crippen LogP contribution in [0.4, 0.5) is 0 Å². The number of nitrogens with one attached hydrogen (secondary N) is 1. The van der Waals surface area contributed by atoms with Crippen molar-refractivity contribution in [1.82, 2.24) is 19.8 Å². The summed E-state index contributed by atoms with van der Waals surface area (Å²) in [6.45, 7) is 3.90. The number of amides is 1. The summed E-state index contributed by atoms with van der Waals surface area (Å²) in [7, 11) is 1.84. The lowest BCUT2D eigenvalue weighted by Crippen LogP contribution is -2.37. The van der Waals surface area contributed by atoms with Crippen molar-refractivity contribution in [3.63, 3.8) is 0 Å². The average molecular weight is 321 g/mol. The molecule has 0 unspecified atom stereocenters. The highest BCUT2D eigenvalue weighted by molar-refractivity contribution is 6.29. The highest BCUT2D eigenvalue weighted by Gasteiger charge is 2.12. The lowest BCUT2D eigenvalue weighted by atomic mass is 10.1. The summed E-state index contributed by atoms with van der Waals surface area (Å²) >= 11 is 6.00. The largest absolute Gasteiger partial charge is 0.351 e. The van der Waals surface area contributed by atoms with Crippen LogP contribution in [0.2, 0.25) is 5.28 Å². The molecule has 1 amide bonds. The third-order valence-electron chi connectivity index (χ3n) is 4.25. The fourth-order valence-electron chi connectivity index (χ4n) is 2.91. The third kappa shape index (κ3) is 3.25. The summed E-state index contributed by atoms with van der Waals surface area (Å²) in [6.07, 6.45) is 3.87. The highest BCUT2D eigenvalue weighted by Crippen LogP contribution is 2.19. The van der Waals surface area contributed by atoms with Gasteiger partial charge in [-0.1, -0.05) is 6.42 Å². The molecule has 2 aromatic rings. The fraction of sp³-hybridized carbons (Fsp3) is 0.500. The number of likely N-dealkylation sites (tertiary alicyclic amines) is 1. The first kappa shape index (κ1) is 15.3. The number of rotatable bonds is 4. The van der Waals surface area contributed by atoms with Crippen molar-refractivity contribution in [3.8, 4) is 0 Å². The molecule has 1 aliphatic heterocycles. The molecule has 0 saturated carbocycles. The topological polar surface area (TPSA) is 50.2 Å². The van der Waals surface area contributed by atoms with Crippen LogP contribution in [0.1, 0.15) is 29.6 Å². The molecule has 2 heterocycles. The predicted octanol–water partition coefficient (Wildman–Crippen LogP) is 2.44. The van der Waals surface area contributed by atoms with Crippen LogP contribution in [0, 0.1) is 0 Å². The zero-order valence-electron chi connectivity index (χ0n) is 12.8. The summed E-state index contributed by atoms with van der Waals surface area (Å²) in [5.41, 5.74) is 2.32. The number of imidazole rings is 1. The van der Waals surface area contributed by atoms with Crippen molar-refractivity contribution in [2.45, 2.75) is 19.3 Å². The number of hydrogen-bond acceptors (Lipinski definition) is 3. The van der Waals surface area contributed by atoms with Gasteiger partial charge in [0.05, 0.1) is 11.0 Å². The predicted molar refractivity (Wildman–Crippen MR) is 88.3 cm³/mol. The number of fused-ring (bicyclic) bond motifs is 1. The van der Waals surface area contributed by atoms with E-state index in [0.29, 0.717) is 17.4 Å². The number of nitrogens with zero attached hydrogens (tertiary/aromatic N) is 3. The van der Waals surface area contributed by atoms with Crippen molar-refractivity contribution >= 4 is 28.5 Å². The highest BCUT2D eigenvalue weighted by atomic mass is 35.5. The second kappa shape index (κ2) is 6.67. The van der Waals surface area contributed by atoms with E-state index in [1.807, 2.05) is 19.2 Å². The molecule has 6 heteroatoms. The maximum absolute atomic E-state index is 12.3. The van der Waals surface area contributed by atoms with Crippen molar-refractivity contribution in [3.05, 3.63) is 29.0 Å². The van der Waals surface area contributed by atoms with Gasteiger partial charge in [0.25, 0.3) is 5.91 Å². The molecule has 1 aromatic heterocycles. The molecule has 0 radical (unpaired) electrons. The number of halogens is 1. The Kier molecular flexibility index (Phi) is 4.64. The van der Waals surface area contributed by atoms with Gasteiger partial charge in [-0.05, 0) is 55.7 Å². The normalized spacial score (nSPS) is 16.1. The Bertz CT molecular complexity index is 676. The van der Waals surface area contributed by atoms with E-state index in [2.05, 4.69) is 15.2 Å². The SMILES string of the molecule is Cn1c(Cl)nc2ccc(C(=O)NCCN3CCCCC3)cc21. The fourth-order valence-corrected chi connectivity index (χ4v) is 3.10. The number of benzene rings is 1. The summed E-state index contributed by atoms with van der Waals surface area (Å²) in [4.78, 5) is 18.9. The lowest BCUT2D eigenvalue weighted by molar-refractivity contribution is 0.0946. The van der Waals surface area contributed by atoms with E-state index in [1.54, 1.807) is 10.6 Å². The minimum atomic E-state index is -0.0452. The second-order valence-electron chi connectivity index (χ2n) is 5.80. The smallest absolute Gasteiger partial charge is 0.251 e. The van der Waals surface area contributed by atoms with E-state index in [-0.39, 0.29) is 5.91 Å². The van der Waals surface area contributed by atoms with E-state index in [9.17, 15) is 4.79 Å². The van der Waals surface area contributed by atoms with Gasteiger partial charge in [-0.2, -0.15) is 0 Å². The molecule has 1 N–H and O–H groups in total. The van der Waals surface area contributed by atoms with Crippen LogP contribution >= 0.6 is 11.6 Å². The van der Waals surface area contributed by atoms with E-state index < -0.39 is 0 Å². The Morgan fingerprint density at radius 2 is 2.09 bits per heavy atom. The van der Waals surface area contributed by atoms with Crippen molar-refractivity contribution in [1.29, 1.82) is 0 Å². The van der Waals surface area contributed by atoms with Gasteiger partial charge in [-0.25, -0.2) is 4.98 Å². The van der Waals surface area contributed by atoms with Crippen LogP contribution in [-0.2, 0) is 7.05 Å². The van der Waals surface area contributed by atoms with Crippen molar-refractivity contribution in [2.24, 2.45) is 7.05 Å². The van der Waals surface area contributed by atoms with Gasteiger partial charge in [0.2, 0.25) is 5.28 Å². The molecule has 0 aliphatic carbocycles. The number of carbonyl (C=O) groups excluding carboxylic acids is 1. The standard InChI is InChI=1S/C16H21ClN4O/c1-20-14-11-12(5-6-13(14)19-16(20)17)15(22)18-7-10-21-8-3-2-4-9-21/h5-6,11H,2-4,7-10H2,1H3,(H,18,22). The van der Waals surface area contributed by atoms with Gasteiger partial charge in [-0.3, -0.25) is 4.79 Å². The zero-order valence-corrected chi connectivity index (χ0v) is 13.6. The number of hydrogen-bond donors (Lipinski definition) is 1. The second-order valence-corrected chi connectivity index (χ2v) is 6.14. The van der Waals surface area contributed by atoms with Crippen LogP contribution in [0.5, 0.6) is 0 Å². The summed E-state index contributed by atoms with van der Waals surface area (Å²) < 4.78 is 1.78. The minimum Gasteiger partial charge on any atom is -0.351 e. The lowest BCUT2D eigenvalue weighted by Gasteiger charge is -2.26. The van der Waals surface area contributed by atoms with E-state index >= 15 is 0 Å². The third-order valence-corrected chi connectivity index (χ3v) is 4.59. The van der Waals surface area contributed by atoms with E-state index in [1.165, 1.54) is 19.3 Å². The maximum atomic E-state index is 12.3. The Morgan fingerprint density at radius 3 is 2.86 bits per heavy atom. The van der Waals surface area contributed by atoms with Gasteiger partial charge in [0, 0.05) is 25.7 Å². The van der Waals surface area contributed by atoms with Crippen LogP contribution in [0.25, 0.3) is 11.0 Å². The number of carbonyl (C=O) groups is 1. The Hall–Kier alpha value is -1.59. The molecular weight excluding hydrogens is 300 g/mol. The average Bonchev–Trinajstić information content (AvgIpc) is 2.83. The molecule has 5 nitrogen and oxygen atoms in total. The quantitative estimate of drug-likeness (QED) is 0.941. The van der Waals surface area contributed by atoms with Crippen LogP contribution in [0.15, 0.2) is 18.2 Å². The van der Waals surface area contributed by atoms with Gasteiger partial charge in [-0.15, -0.1) is 0 Å². The molecule has 22 heavy (non-hydrogen) atoms. The van der Waals surface area contributed by atoms with Crippen LogP contribution in [0.3, 0.4) is 0 Å². The van der Waals surface area contributed by atoms with Crippen molar-refractivity contribution in [2.75, 3.05) is 26.2 Å². The molecule has 1 fully saturated rings. The first-order valence-corrected chi connectivity index (χ1v) is 8.15. The molecule has 3 rings (SSSR count). The monoisotopic (exact) mass is 320 g/mol. The Morgan fingerprint density at radius 1 is 1.32 bits per heavy atom. The molecule has 0 bridgehead atoms. The molecule has 118 valence electrons. The molecule has 0 spiro atoms. The summed E-state index contributed by atoms with van der Waals surface area (Å²) in [5.74, 6) is -0.0452. The van der Waals surface area contributed by atoms with E-state index in [0.717, 1.165) is 30.7 Å². The first-order valence-electron chi connectivity index (χ1n) is 7.78. The molecule has 1 aromatic carbocycles. The van der Waals surface area contributed by atoms with Gasteiger partial charge in [0.1, 0.15) is 0 Å². The van der Waals surface area contributed by atoms with Crippen molar-refractivity contribution < 1.29 is 4.79 Å². The molecule has 0 atom stereocenters. The van der Waals surface area contributed by atoms with Crippen LogP contribution < -0.4 is 5.32 Å². The summed E-state index contributed by atoms with van der Waals surface area (Å²) in [6, 6.07) is 5.47. The molecular formula is C16H21ClN4O. The minimum absolute atomic E-state index is 0.0452. The Labute approximate surface area is 135 Å². The van der Waals surface area contributed by atoms with Gasteiger partial charge in [0.15, 0.2) is 0 Å². The van der Waals surface area contributed by atoms with Gasteiger partial charge < -0.3 is 14.8 Å². The van der Waals surface area contributed by atoms with Gasteiger partial charge >= 0.3 is 0 Å². The zero-order chi connectivity index (χ0) is 15.5. The molecule has 1 aliphatic rings. The van der Waals surface area contributed by atoms with E-state index in [4.69, 9.17) is 11.6 Å². The number of piperidine rings is 1. The number of aryl methyl sites for hydroxylation is 1. The first-order chi connectivity index (χ1) is 10.6. The van der Waals surface area contributed by atoms with Crippen LogP contribution in [-0.4, -0.2) is 46.5 Å². The Balaban J connectivity index is 1.60. The summed E-state index contributed by atoms with van der Waals surface area (Å²) in [5, 5.41) is 3.42. The maximum Gasteiger partial charge on any atom is 0.251 e. The number of aromatic nitrogens is 2.